The molecule has 1 aromatic carbocycles. The summed E-state index contributed by atoms with van der Waals surface area (Å²) in [5.41, 5.74) is 0.579. The fraction of sp³-hybridized carbons (Fsp3) is 0.0769. The second-order valence-electron chi connectivity index (χ2n) is 3.31. The molecule has 0 saturated heterocycles. The Morgan fingerprint density at radius 3 is 2.89 bits per heavy atom. The zero-order valence-electron chi connectivity index (χ0n) is 9.38. The Balaban J connectivity index is 2.06. The monoisotopic (exact) mass is 258 g/mol. The Kier molecular flexibility index (Phi) is 4.07. The Bertz CT molecular complexity index is 596. The first-order chi connectivity index (χ1) is 8.79. The lowest BCUT2D eigenvalue weighted by atomic mass is 10.2. The average Bonchev–Trinajstić information content (AvgIpc) is 2.85. The molecule has 90 valence electrons. The van der Waals surface area contributed by atoms with Crippen LogP contribution in [0.1, 0.15) is 15.2 Å². The molecule has 0 saturated carbocycles. The number of nitrogens with one attached hydrogen (secondary N) is 1. The van der Waals surface area contributed by atoms with E-state index in [2.05, 4.69) is 22.1 Å². The quantitative estimate of drug-likeness (QED) is 0.806. The minimum absolute atomic E-state index is 0.191. The lowest BCUT2D eigenvalue weighted by Gasteiger charge is -2.00. The molecule has 0 radical (unpaired) electrons. The van der Waals surface area contributed by atoms with Crippen LogP contribution in [0.15, 0.2) is 36.5 Å². The van der Waals surface area contributed by atoms with Gasteiger partial charge in [-0.25, -0.2) is 4.98 Å². The summed E-state index contributed by atoms with van der Waals surface area (Å²) in [6.45, 7) is -0.191. The molecule has 2 rings (SSSR count). The predicted octanol–water partition coefficient (Wildman–Crippen LogP) is 1.74. The van der Waals surface area contributed by atoms with Crippen molar-refractivity contribution >= 4 is 22.4 Å². The molecule has 0 fully saturated rings. The van der Waals surface area contributed by atoms with Crippen LogP contribution in [0.3, 0.4) is 0 Å². The van der Waals surface area contributed by atoms with E-state index in [1.165, 1.54) is 11.3 Å². The van der Waals surface area contributed by atoms with Crippen LogP contribution in [0.4, 0.5) is 5.13 Å². The summed E-state index contributed by atoms with van der Waals surface area (Å²) in [5.74, 6) is 5.06. The number of aliphatic hydroxyl groups excluding tert-OH is 1. The van der Waals surface area contributed by atoms with Gasteiger partial charge in [-0.2, -0.15) is 0 Å². The summed E-state index contributed by atoms with van der Waals surface area (Å²) in [4.78, 5) is 16.6. The van der Waals surface area contributed by atoms with Crippen molar-refractivity contribution in [3.63, 3.8) is 0 Å². The fourth-order valence-electron chi connectivity index (χ4n) is 1.28. The van der Waals surface area contributed by atoms with E-state index in [1.807, 2.05) is 6.07 Å². The van der Waals surface area contributed by atoms with Crippen molar-refractivity contribution in [3.8, 4) is 11.8 Å². The zero-order valence-corrected chi connectivity index (χ0v) is 10.2. The number of aliphatic hydroxyl groups is 1. The molecule has 18 heavy (non-hydrogen) atoms. The van der Waals surface area contributed by atoms with E-state index >= 15 is 0 Å². The minimum atomic E-state index is -0.202. The maximum absolute atomic E-state index is 11.8. The number of aromatic nitrogens is 1. The van der Waals surface area contributed by atoms with Crippen molar-refractivity contribution in [1.82, 2.24) is 4.98 Å². The first kappa shape index (κ1) is 12.3. The van der Waals surface area contributed by atoms with Crippen molar-refractivity contribution in [1.29, 1.82) is 0 Å². The van der Waals surface area contributed by atoms with Crippen molar-refractivity contribution < 1.29 is 9.90 Å². The van der Waals surface area contributed by atoms with Crippen LogP contribution in [0.5, 0.6) is 0 Å². The number of carbonyl (C=O) groups excluding carboxylic acids is 1. The Morgan fingerprint density at radius 2 is 2.17 bits per heavy atom. The number of amides is 1. The van der Waals surface area contributed by atoms with Crippen LogP contribution < -0.4 is 5.32 Å². The third-order valence-corrected chi connectivity index (χ3v) is 2.88. The van der Waals surface area contributed by atoms with E-state index in [9.17, 15) is 4.79 Å². The Hall–Kier alpha value is -2.16. The van der Waals surface area contributed by atoms with E-state index < -0.39 is 0 Å². The highest BCUT2D eigenvalue weighted by atomic mass is 32.1. The SMILES string of the molecule is O=C(Nc1ncc(C#CCO)s1)c1ccccc1. The summed E-state index contributed by atoms with van der Waals surface area (Å²) in [6.07, 6.45) is 1.56. The second-order valence-corrected chi connectivity index (χ2v) is 4.34. The second kappa shape index (κ2) is 5.96. The first-order valence-corrected chi connectivity index (χ1v) is 6.03. The van der Waals surface area contributed by atoms with E-state index in [0.29, 0.717) is 15.6 Å². The van der Waals surface area contributed by atoms with E-state index in [-0.39, 0.29) is 12.5 Å². The first-order valence-electron chi connectivity index (χ1n) is 5.21. The highest BCUT2D eigenvalue weighted by molar-refractivity contribution is 7.16. The van der Waals surface area contributed by atoms with Gasteiger partial charge in [-0.1, -0.05) is 41.4 Å². The number of rotatable bonds is 2. The van der Waals surface area contributed by atoms with Crippen molar-refractivity contribution in [2.75, 3.05) is 11.9 Å². The van der Waals surface area contributed by atoms with Crippen LogP contribution in [-0.4, -0.2) is 22.6 Å². The molecule has 2 N–H and O–H groups in total. The lowest BCUT2D eigenvalue weighted by molar-refractivity contribution is 0.102. The van der Waals surface area contributed by atoms with Gasteiger partial charge >= 0.3 is 0 Å². The molecule has 0 spiro atoms. The Labute approximate surface area is 108 Å². The van der Waals surface area contributed by atoms with Crippen LogP contribution in [0.25, 0.3) is 0 Å². The highest BCUT2D eigenvalue weighted by Gasteiger charge is 2.07. The molecule has 5 heteroatoms. The van der Waals surface area contributed by atoms with Gasteiger partial charge in [-0.3, -0.25) is 10.1 Å². The van der Waals surface area contributed by atoms with Crippen molar-refractivity contribution in [2.45, 2.75) is 0 Å². The number of carbonyl (C=O) groups is 1. The van der Waals surface area contributed by atoms with Crippen molar-refractivity contribution in [3.05, 3.63) is 47.0 Å². The number of thiazole rings is 1. The molecule has 2 aromatic rings. The Morgan fingerprint density at radius 1 is 1.39 bits per heavy atom. The number of hydrogen-bond donors (Lipinski definition) is 2. The number of benzene rings is 1. The predicted molar refractivity (Wildman–Crippen MR) is 70.5 cm³/mol. The number of anilines is 1. The van der Waals surface area contributed by atoms with Crippen LogP contribution in [0.2, 0.25) is 0 Å². The zero-order chi connectivity index (χ0) is 12.8. The van der Waals surface area contributed by atoms with Crippen molar-refractivity contribution in [2.24, 2.45) is 0 Å². The van der Waals surface area contributed by atoms with E-state index in [4.69, 9.17) is 5.11 Å². The van der Waals surface area contributed by atoms with Gasteiger partial charge in [0.05, 0.1) is 11.1 Å². The minimum Gasteiger partial charge on any atom is -0.384 e. The van der Waals surface area contributed by atoms with Crippen LogP contribution >= 0.6 is 11.3 Å². The van der Waals surface area contributed by atoms with Gasteiger partial charge in [0.15, 0.2) is 5.13 Å². The van der Waals surface area contributed by atoms with Gasteiger partial charge in [0.25, 0.3) is 5.91 Å². The van der Waals surface area contributed by atoms with E-state index in [1.54, 1.807) is 30.5 Å². The third-order valence-electron chi connectivity index (χ3n) is 2.05. The van der Waals surface area contributed by atoms with Gasteiger partial charge in [-0.05, 0) is 12.1 Å². The van der Waals surface area contributed by atoms with Gasteiger partial charge < -0.3 is 5.11 Å². The summed E-state index contributed by atoms with van der Waals surface area (Å²) in [5, 5.41) is 11.8. The summed E-state index contributed by atoms with van der Waals surface area (Å²) in [7, 11) is 0. The van der Waals surface area contributed by atoms with Crippen LogP contribution in [0, 0.1) is 11.8 Å². The molecule has 0 aliphatic rings. The summed E-state index contributed by atoms with van der Waals surface area (Å²) < 4.78 is 0. The molecule has 0 atom stereocenters. The standard InChI is InChI=1S/C13H10N2O2S/c16-8-4-7-11-9-14-13(18-11)15-12(17)10-5-2-1-3-6-10/h1-3,5-6,9,16H,8H2,(H,14,15,17). The lowest BCUT2D eigenvalue weighted by Crippen LogP contribution is -2.11. The smallest absolute Gasteiger partial charge is 0.257 e. The maximum atomic E-state index is 11.8. The molecule has 0 aliphatic heterocycles. The van der Waals surface area contributed by atoms with Gasteiger partial charge in [0.1, 0.15) is 6.61 Å². The summed E-state index contributed by atoms with van der Waals surface area (Å²) >= 11 is 1.27. The average molecular weight is 258 g/mol. The molecular formula is C13H10N2O2S. The van der Waals surface area contributed by atoms with Gasteiger partial charge in [0.2, 0.25) is 0 Å². The molecule has 1 heterocycles. The summed E-state index contributed by atoms with van der Waals surface area (Å²) in [6, 6.07) is 8.91. The molecule has 1 amide bonds. The number of nitrogens with zero attached hydrogens (tertiary/aromatic N) is 1. The molecule has 0 aliphatic carbocycles. The molecule has 4 nitrogen and oxygen atoms in total. The largest absolute Gasteiger partial charge is 0.384 e. The topological polar surface area (TPSA) is 62.2 Å². The molecule has 1 aromatic heterocycles. The maximum Gasteiger partial charge on any atom is 0.257 e. The van der Waals surface area contributed by atoms with Crippen LogP contribution in [-0.2, 0) is 0 Å². The number of hydrogen-bond acceptors (Lipinski definition) is 4. The molecule has 0 bridgehead atoms. The normalized spacial score (nSPS) is 9.39. The van der Waals surface area contributed by atoms with Gasteiger partial charge in [-0.15, -0.1) is 0 Å². The van der Waals surface area contributed by atoms with E-state index in [0.717, 1.165) is 0 Å². The molecular weight excluding hydrogens is 248 g/mol. The highest BCUT2D eigenvalue weighted by Crippen LogP contribution is 2.17. The fourth-order valence-corrected chi connectivity index (χ4v) is 1.96. The van der Waals surface area contributed by atoms with Gasteiger partial charge in [0, 0.05) is 5.56 Å². The molecule has 0 unspecified atom stereocenters. The third kappa shape index (κ3) is 3.17.